The Bertz CT molecular complexity index is 257. The van der Waals surface area contributed by atoms with Gasteiger partial charge in [0.2, 0.25) is 12.1 Å². The SMILES string of the molecule is Cl.[O-][N+]1=CN=C2CNCN=C21. The van der Waals surface area contributed by atoms with Crippen LogP contribution in [-0.2, 0) is 0 Å². The third-order valence-electron chi connectivity index (χ3n) is 1.42. The maximum atomic E-state index is 10.8. The zero-order chi connectivity index (χ0) is 6.97. The van der Waals surface area contributed by atoms with Crippen molar-refractivity contribution in [3.63, 3.8) is 0 Å². The first-order chi connectivity index (χ1) is 4.88. The van der Waals surface area contributed by atoms with Crippen molar-refractivity contribution in [2.24, 2.45) is 9.98 Å². The Kier molecular flexibility index (Phi) is 2.21. The van der Waals surface area contributed by atoms with E-state index in [0.717, 1.165) is 5.71 Å². The third kappa shape index (κ3) is 1.24. The molecule has 0 bridgehead atoms. The molecule has 0 aromatic heterocycles. The van der Waals surface area contributed by atoms with Crippen LogP contribution in [-0.4, -0.2) is 35.8 Å². The van der Waals surface area contributed by atoms with Crippen molar-refractivity contribution in [1.82, 2.24) is 5.32 Å². The Balaban J connectivity index is 0.000000605. The van der Waals surface area contributed by atoms with Crippen molar-refractivity contribution >= 4 is 30.3 Å². The van der Waals surface area contributed by atoms with Gasteiger partial charge in [-0.1, -0.05) is 0 Å². The zero-order valence-electron chi connectivity index (χ0n) is 5.65. The molecule has 1 N–H and O–H groups in total. The van der Waals surface area contributed by atoms with E-state index in [9.17, 15) is 5.21 Å². The number of nitrogens with zero attached hydrogens (tertiary/aromatic N) is 3. The first kappa shape index (κ1) is 8.16. The smallest absolute Gasteiger partial charge is 0.299 e. The second kappa shape index (κ2) is 2.98. The maximum absolute atomic E-state index is 10.8. The van der Waals surface area contributed by atoms with Gasteiger partial charge in [0.1, 0.15) is 0 Å². The van der Waals surface area contributed by atoms with Crippen LogP contribution in [0.4, 0.5) is 0 Å². The van der Waals surface area contributed by atoms with Crippen LogP contribution in [0.15, 0.2) is 9.98 Å². The number of amidine groups is 1. The van der Waals surface area contributed by atoms with Gasteiger partial charge in [0.25, 0.3) is 5.84 Å². The summed E-state index contributed by atoms with van der Waals surface area (Å²) in [6, 6.07) is 0. The summed E-state index contributed by atoms with van der Waals surface area (Å²) in [4.78, 5) is 7.78. The summed E-state index contributed by atoms with van der Waals surface area (Å²) in [5.74, 6) is 0.457. The molecule has 6 heteroatoms. The van der Waals surface area contributed by atoms with Crippen LogP contribution < -0.4 is 5.32 Å². The molecular formula is C5H7ClN4O. The summed E-state index contributed by atoms with van der Waals surface area (Å²) < 4.78 is 0.691. The first-order valence-electron chi connectivity index (χ1n) is 3.00. The van der Waals surface area contributed by atoms with Crippen LogP contribution >= 0.6 is 12.4 Å². The first-order valence-corrected chi connectivity index (χ1v) is 3.00. The highest BCUT2D eigenvalue weighted by Gasteiger charge is 2.25. The van der Waals surface area contributed by atoms with Gasteiger partial charge in [0.15, 0.2) is 6.67 Å². The molecule has 2 aliphatic rings. The van der Waals surface area contributed by atoms with Crippen molar-refractivity contribution in [3.8, 4) is 0 Å². The lowest BCUT2D eigenvalue weighted by Crippen LogP contribution is -2.36. The summed E-state index contributed by atoms with van der Waals surface area (Å²) in [7, 11) is 0. The van der Waals surface area contributed by atoms with Crippen LogP contribution in [0, 0.1) is 5.21 Å². The van der Waals surface area contributed by atoms with E-state index in [4.69, 9.17) is 0 Å². The molecule has 11 heavy (non-hydrogen) atoms. The molecule has 0 aliphatic carbocycles. The number of hydroxylamine groups is 1. The normalized spacial score (nSPS) is 20.9. The summed E-state index contributed by atoms with van der Waals surface area (Å²) >= 11 is 0. The molecule has 2 aliphatic heterocycles. The Hall–Kier alpha value is -0.940. The van der Waals surface area contributed by atoms with Crippen molar-refractivity contribution in [2.45, 2.75) is 0 Å². The summed E-state index contributed by atoms with van der Waals surface area (Å²) in [5, 5.41) is 13.8. The van der Waals surface area contributed by atoms with E-state index in [1.807, 2.05) is 0 Å². The van der Waals surface area contributed by atoms with Gasteiger partial charge in [-0.2, -0.15) is 0 Å². The Morgan fingerprint density at radius 3 is 3.18 bits per heavy atom. The molecule has 0 amide bonds. The van der Waals surface area contributed by atoms with Gasteiger partial charge in [-0.05, 0) is 0 Å². The molecule has 0 fully saturated rings. The Morgan fingerprint density at radius 1 is 1.64 bits per heavy atom. The average Bonchev–Trinajstić information content (AvgIpc) is 2.34. The van der Waals surface area contributed by atoms with Crippen LogP contribution in [0.5, 0.6) is 0 Å². The van der Waals surface area contributed by atoms with E-state index < -0.39 is 0 Å². The van der Waals surface area contributed by atoms with E-state index in [0.29, 0.717) is 23.8 Å². The predicted octanol–water partition coefficient (Wildman–Crippen LogP) is -0.639. The van der Waals surface area contributed by atoms with Crippen LogP contribution in [0.25, 0.3) is 0 Å². The third-order valence-corrected chi connectivity index (χ3v) is 1.42. The molecular weight excluding hydrogens is 168 g/mol. The van der Waals surface area contributed by atoms with Gasteiger partial charge in [-0.25, -0.2) is 4.74 Å². The number of aliphatic imine (C=N–C) groups is 2. The number of rotatable bonds is 0. The minimum absolute atomic E-state index is 0. The van der Waals surface area contributed by atoms with E-state index in [1.165, 1.54) is 6.34 Å². The zero-order valence-corrected chi connectivity index (χ0v) is 6.47. The van der Waals surface area contributed by atoms with Crippen molar-refractivity contribution in [1.29, 1.82) is 0 Å². The fourth-order valence-corrected chi connectivity index (χ4v) is 0.952. The molecule has 0 spiro atoms. The van der Waals surface area contributed by atoms with Crippen molar-refractivity contribution < 1.29 is 4.74 Å². The maximum Gasteiger partial charge on any atom is 0.299 e. The van der Waals surface area contributed by atoms with E-state index in [2.05, 4.69) is 15.3 Å². The van der Waals surface area contributed by atoms with Crippen LogP contribution in [0.2, 0.25) is 0 Å². The van der Waals surface area contributed by atoms with Gasteiger partial charge in [-0.3, -0.25) is 5.32 Å². The molecule has 0 saturated heterocycles. The van der Waals surface area contributed by atoms with Gasteiger partial charge in [0, 0.05) is 0 Å². The van der Waals surface area contributed by atoms with Crippen LogP contribution in [0.3, 0.4) is 0 Å². The standard InChI is InChI=1S/C5H6N4O.ClH/c10-9-3-8-4-1-6-2-7-5(4)9;/h3,6H,1-2H2;1H. The summed E-state index contributed by atoms with van der Waals surface area (Å²) in [6.07, 6.45) is 1.24. The minimum Gasteiger partial charge on any atom is -0.740 e. The molecule has 5 nitrogen and oxygen atoms in total. The second-order valence-corrected chi connectivity index (χ2v) is 2.08. The molecule has 60 valence electrons. The van der Waals surface area contributed by atoms with Gasteiger partial charge < -0.3 is 5.21 Å². The number of hydrogen-bond donors (Lipinski definition) is 1. The average molecular weight is 175 g/mol. The van der Waals surface area contributed by atoms with Crippen molar-refractivity contribution in [2.75, 3.05) is 13.2 Å². The summed E-state index contributed by atoms with van der Waals surface area (Å²) in [6.45, 7) is 1.16. The highest BCUT2D eigenvalue weighted by molar-refractivity contribution is 6.42. The topological polar surface area (TPSA) is 62.8 Å². The van der Waals surface area contributed by atoms with Crippen molar-refractivity contribution in [3.05, 3.63) is 5.21 Å². The molecule has 2 heterocycles. The highest BCUT2D eigenvalue weighted by atomic mass is 35.5. The van der Waals surface area contributed by atoms with E-state index in [-0.39, 0.29) is 12.4 Å². The van der Waals surface area contributed by atoms with E-state index >= 15 is 0 Å². The molecule has 0 aromatic rings. The van der Waals surface area contributed by atoms with Crippen LogP contribution in [0.1, 0.15) is 0 Å². The minimum atomic E-state index is 0. The monoisotopic (exact) mass is 174 g/mol. The lowest BCUT2D eigenvalue weighted by Gasteiger charge is -2.08. The molecule has 0 radical (unpaired) electrons. The van der Waals surface area contributed by atoms with Gasteiger partial charge >= 0.3 is 0 Å². The molecule has 0 aromatic carbocycles. The number of hydrogen-bond acceptors (Lipinski definition) is 4. The quantitative estimate of drug-likeness (QED) is 0.392. The lowest BCUT2D eigenvalue weighted by atomic mass is 10.3. The number of halogens is 1. The molecule has 0 saturated carbocycles. The predicted molar refractivity (Wildman–Crippen MR) is 44.7 cm³/mol. The highest BCUT2D eigenvalue weighted by Crippen LogP contribution is 1.96. The van der Waals surface area contributed by atoms with E-state index in [1.54, 1.807) is 0 Å². The fraction of sp³-hybridized carbons (Fsp3) is 0.400. The fourth-order valence-electron chi connectivity index (χ4n) is 0.952. The Labute approximate surface area is 69.5 Å². The second-order valence-electron chi connectivity index (χ2n) is 2.08. The molecule has 2 rings (SSSR count). The molecule has 0 atom stereocenters. The largest absolute Gasteiger partial charge is 0.740 e. The molecule has 0 unspecified atom stereocenters. The van der Waals surface area contributed by atoms with Gasteiger partial charge in [0.05, 0.1) is 6.54 Å². The number of nitrogens with one attached hydrogen (secondary N) is 1. The number of fused-ring (bicyclic) bond motifs is 1. The summed E-state index contributed by atoms with van der Waals surface area (Å²) in [5.41, 5.74) is 0.737. The Morgan fingerprint density at radius 2 is 2.45 bits per heavy atom. The lowest BCUT2D eigenvalue weighted by molar-refractivity contribution is -0.313. The van der Waals surface area contributed by atoms with Gasteiger partial charge in [-0.15, -0.1) is 22.4 Å².